The maximum atomic E-state index is 11.0. The number of nitrogens with two attached hydrogens (primary N) is 4. The first-order chi connectivity index (χ1) is 14.6. The van der Waals surface area contributed by atoms with Gasteiger partial charge in [0.05, 0.1) is 24.8 Å². The molecule has 3 aliphatic rings. The van der Waals surface area contributed by atoms with Crippen molar-refractivity contribution in [3.63, 3.8) is 0 Å². The SMILES string of the molecule is CN[C@@H]1[C@@H](O)[C@@H](OC2C(N)CC(N)C(OC3OC(CN)CCC3N)C2O)OC[C@]1(C)O. The van der Waals surface area contributed by atoms with Crippen LogP contribution in [0.2, 0.25) is 0 Å². The molecule has 0 spiro atoms. The van der Waals surface area contributed by atoms with E-state index >= 15 is 0 Å². The zero-order valence-electron chi connectivity index (χ0n) is 18.2. The summed E-state index contributed by atoms with van der Waals surface area (Å²) in [5.74, 6) is 0. The van der Waals surface area contributed by atoms with Crippen LogP contribution in [0.5, 0.6) is 0 Å². The van der Waals surface area contributed by atoms with E-state index in [2.05, 4.69) is 5.32 Å². The van der Waals surface area contributed by atoms with Gasteiger partial charge < -0.3 is 62.5 Å². The first-order valence-corrected chi connectivity index (χ1v) is 10.9. The van der Waals surface area contributed by atoms with E-state index in [1.165, 1.54) is 0 Å². The summed E-state index contributed by atoms with van der Waals surface area (Å²) in [5, 5.41) is 34.9. The Kier molecular flexibility index (Phi) is 8.27. The zero-order valence-corrected chi connectivity index (χ0v) is 18.2. The highest BCUT2D eigenvalue weighted by Crippen LogP contribution is 2.31. The fourth-order valence-corrected chi connectivity index (χ4v) is 4.69. The van der Waals surface area contributed by atoms with Gasteiger partial charge in [0.1, 0.15) is 30.0 Å². The number of hydrogen-bond donors (Lipinski definition) is 8. The fourth-order valence-electron chi connectivity index (χ4n) is 4.69. The molecule has 0 aromatic heterocycles. The maximum absolute atomic E-state index is 11.0. The minimum atomic E-state index is -1.29. The third kappa shape index (κ3) is 5.37. The molecule has 12 heteroatoms. The van der Waals surface area contributed by atoms with Gasteiger partial charge in [0.25, 0.3) is 0 Å². The van der Waals surface area contributed by atoms with Crippen molar-refractivity contribution in [1.29, 1.82) is 0 Å². The first kappa shape index (κ1) is 25.1. The van der Waals surface area contributed by atoms with Gasteiger partial charge in [-0.2, -0.15) is 0 Å². The number of aliphatic hydroxyl groups is 3. The van der Waals surface area contributed by atoms with Gasteiger partial charge in [0.2, 0.25) is 0 Å². The summed E-state index contributed by atoms with van der Waals surface area (Å²) in [6, 6.07) is -2.26. The predicted octanol–water partition coefficient (Wildman–Crippen LogP) is -3.98. The van der Waals surface area contributed by atoms with Crippen molar-refractivity contribution in [1.82, 2.24) is 5.32 Å². The molecule has 1 saturated carbocycles. The molecule has 0 amide bonds. The molecule has 8 unspecified atom stereocenters. The topological polar surface area (TPSA) is 214 Å². The van der Waals surface area contributed by atoms with E-state index in [0.29, 0.717) is 19.4 Å². The van der Waals surface area contributed by atoms with Gasteiger partial charge in [-0.1, -0.05) is 0 Å². The van der Waals surface area contributed by atoms with Gasteiger partial charge in [-0.15, -0.1) is 0 Å². The Hall–Kier alpha value is -0.480. The Morgan fingerprint density at radius 2 is 1.61 bits per heavy atom. The van der Waals surface area contributed by atoms with Crippen molar-refractivity contribution < 1.29 is 34.3 Å². The summed E-state index contributed by atoms with van der Waals surface area (Å²) in [7, 11) is 1.62. The van der Waals surface area contributed by atoms with E-state index in [4.69, 9.17) is 41.9 Å². The second kappa shape index (κ2) is 10.2. The van der Waals surface area contributed by atoms with Crippen molar-refractivity contribution in [2.45, 2.75) is 99.1 Å². The number of rotatable bonds is 6. The highest BCUT2D eigenvalue weighted by Gasteiger charge is 2.50. The van der Waals surface area contributed by atoms with E-state index in [1.807, 2.05) is 0 Å². The van der Waals surface area contributed by atoms with Crippen LogP contribution in [-0.2, 0) is 18.9 Å². The molecule has 2 aliphatic heterocycles. The fraction of sp³-hybridized carbons (Fsp3) is 1.00. The molecule has 2 heterocycles. The molecule has 0 bridgehead atoms. The van der Waals surface area contributed by atoms with Crippen molar-refractivity contribution in [2.24, 2.45) is 22.9 Å². The van der Waals surface area contributed by atoms with Gasteiger partial charge in [-0.3, -0.25) is 0 Å². The Labute approximate surface area is 182 Å². The molecule has 0 radical (unpaired) electrons. The lowest BCUT2D eigenvalue weighted by Crippen LogP contribution is -2.68. The van der Waals surface area contributed by atoms with Crippen LogP contribution in [-0.4, -0.2) is 108 Å². The lowest BCUT2D eigenvalue weighted by Gasteiger charge is -2.48. The third-order valence-corrected chi connectivity index (χ3v) is 6.55. The number of ether oxygens (including phenoxy) is 4. The highest BCUT2D eigenvalue weighted by molar-refractivity contribution is 5.01. The van der Waals surface area contributed by atoms with Crippen molar-refractivity contribution in [3.8, 4) is 0 Å². The van der Waals surface area contributed by atoms with Crippen LogP contribution in [0.25, 0.3) is 0 Å². The molecule has 2 saturated heterocycles. The van der Waals surface area contributed by atoms with Crippen LogP contribution in [0.3, 0.4) is 0 Å². The Morgan fingerprint density at radius 3 is 2.19 bits per heavy atom. The minimum absolute atomic E-state index is 0.0665. The van der Waals surface area contributed by atoms with Gasteiger partial charge in [-0.05, 0) is 33.2 Å². The van der Waals surface area contributed by atoms with Gasteiger partial charge in [0, 0.05) is 18.6 Å². The predicted molar refractivity (Wildman–Crippen MR) is 110 cm³/mol. The Morgan fingerprint density at radius 1 is 1.00 bits per heavy atom. The Balaban J connectivity index is 1.68. The van der Waals surface area contributed by atoms with Crippen LogP contribution in [0, 0.1) is 0 Å². The molecule has 182 valence electrons. The van der Waals surface area contributed by atoms with Crippen LogP contribution in [0.15, 0.2) is 0 Å². The minimum Gasteiger partial charge on any atom is -0.388 e. The van der Waals surface area contributed by atoms with Crippen LogP contribution in [0.1, 0.15) is 26.2 Å². The molecular formula is C19H39N5O7. The lowest BCUT2D eigenvalue weighted by atomic mass is 9.84. The number of likely N-dealkylation sites (N-methyl/N-ethyl adjacent to an activating group) is 1. The molecule has 1 aliphatic carbocycles. The van der Waals surface area contributed by atoms with Gasteiger partial charge >= 0.3 is 0 Å². The van der Waals surface area contributed by atoms with E-state index in [9.17, 15) is 15.3 Å². The van der Waals surface area contributed by atoms with E-state index < -0.39 is 60.7 Å². The van der Waals surface area contributed by atoms with Crippen molar-refractivity contribution in [2.75, 3.05) is 20.2 Å². The second-order valence-electron chi connectivity index (χ2n) is 9.15. The standard InChI is InChI=1S/C19H39N5O7/c1-19(27)7-28-18(13(26)16(19)24-2)31-15-11(23)5-10(22)14(12(15)25)30-17-9(21)4-3-8(6-20)29-17/h8-18,24-27H,3-7,20-23H2,1-2H3/t8?,9?,10?,11?,12?,13-,14?,15?,16-,17?,18-,19+/m1/s1. The van der Waals surface area contributed by atoms with E-state index in [1.54, 1.807) is 14.0 Å². The van der Waals surface area contributed by atoms with Gasteiger partial charge in [0.15, 0.2) is 12.6 Å². The summed E-state index contributed by atoms with van der Waals surface area (Å²) >= 11 is 0. The van der Waals surface area contributed by atoms with E-state index in [0.717, 1.165) is 6.42 Å². The monoisotopic (exact) mass is 449 g/mol. The molecule has 3 rings (SSSR count). The lowest BCUT2D eigenvalue weighted by molar-refractivity contribution is -0.306. The molecule has 0 aromatic rings. The highest BCUT2D eigenvalue weighted by atomic mass is 16.7. The van der Waals surface area contributed by atoms with Gasteiger partial charge in [-0.25, -0.2) is 0 Å². The zero-order chi connectivity index (χ0) is 22.9. The molecule has 31 heavy (non-hydrogen) atoms. The molecule has 12 atom stereocenters. The smallest absolute Gasteiger partial charge is 0.185 e. The number of hydrogen-bond acceptors (Lipinski definition) is 12. The average molecular weight is 450 g/mol. The normalized spacial score (nSPS) is 51.6. The molecule has 12 nitrogen and oxygen atoms in total. The molecule has 0 aromatic carbocycles. The average Bonchev–Trinajstić information content (AvgIpc) is 2.71. The molecule has 12 N–H and O–H groups in total. The second-order valence-corrected chi connectivity index (χ2v) is 9.15. The molecule has 3 fully saturated rings. The summed E-state index contributed by atoms with van der Waals surface area (Å²) in [6.07, 6.45) is -4.48. The number of nitrogens with one attached hydrogen (secondary N) is 1. The van der Waals surface area contributed by atoms with Crippen molar-refractivity contribution >= 4 is 0 Å². The van der Waals surface area contributed by atoms with Crippen LogP contribution >= 0.6 is 0 Å². The molecular weight excluding hydrogens is 410 g/mol. The largest absolute Gasteiger partial charge is 0.388 e. The summed E-state index contributed by atoms with van der Waals surface area (Å²) in [6.45, 7) is 1.83. The van der Waals surface area contributed by atoms with Crippen LogP contribution in [0.4, 0.5) is 0 Å². The van der Waals surface area contributed by atoms with E-state index in [-0.39, 0.29) is 18.8 Å². The number of aliphatic hydroxyl groups excluding tert-OH is 2. The maximum Gasteiger partial charge on any atom is 0.185 e. The Bertz CT molecular complexity index is 588. The first-order valence-electron chi connectivity index (χ1n) is 10.9. The summed E-state index contributed by atoms with van der Waals surface area (Å²) in [4.78, 5) is 0. The third-order valence-electron chi connectivity index (χ3n) is 6.55. The van der Waals surface area contributed by atoms with Crippen molar-refractivity contribution in [3.05, 3.63) is 0 Å². The summed E-state index contributed by atoms with van der Waals surface area (Å²) < 4.78 is 23.3. The summed E-state index contributed by atoms with van der Waals surface area (Å²) in [5.41, 5.74) is 23.0. The van der Waals surface area contributed by atoms with Crippen LogP contribution < -0.4 is 28.3 Å². The quantitative estimate of drug-likeness (QED) is 0.195.